The summed E-state index contributed by atoms with van der Waals surface area (Å²) in [6.07, 6.45) is 4.23. The van der Waals surface area contributed by atoms with Gasteiger partial charge in [-0.05, 0) is 77.8 Å². The van der Waals surface area contributed by atoms with Gasteiger partial charge in [0.05, 0.1) is 23.0 Å². The van der Waals surface area contributed by atoms with Gasteiger partial charge in [0, 0.05) is 52.2 Å². The van der Waals surface area contributed by atoms with Crippen LogP contribution in [-0.4, -0.2) is 99.5 Å². The number of aryl methyl sites for hydroxylation is 1. The van der Waals surface area contributed by atoms with Crippen molar-refractivity contribution in [3.05, 3.63) is 85.7 Å². The van der Waals surface area contributed by atoms with Crippen LogP contribution in [0.1, 0.15) is 69.9 Å². The third kappa shape index (κ3) is 6.83. The van der Waals surface area contributed by atoms with Gasteiger partial charge < -0.3 is 15.0 Å². The van der Waals surface area contributed by atoms with Gasteiger partial charge in [0.2, 0.25) is 11.8 Å². The van der Waals surface area contributed by atoms with Crippen molar-refractivity contribution in [3.8, 4) is 5.75 Å². The molecule has 0 aliphatic carbocycles. The zero-order valence-corrected chi connectivity index (χ0v) is 29.6. The highest BCUT2D eigenvalue weighted by Gasteiger charge is 2.46. The first-order chi connectivity index (χ1) is 24.0. The number of hydrogen-bond acceptors (Lipinski definition) is 10. The summed E-state index contributed by atoms with van der Waals surface area (Å²) in [5, 5.41) is 9.92. The Morgan fingerprint density at radius 2 is 1.72 bits per heavy atom. The van der Waals surface area contributed by atoms with Gasteiger partial charge in [-0.25, -0.2) is 4.68 Å². The number of nitrogens with zero attached hydrogens (tertiary/aromatic N) is 5. The number of fused-ring (bicyclic) bond motifs is 1. The molecule has 0 bridgehead atoms. The van der Waals surface area contributed by atoms with E-state index in [4.69, 9.17) is 4.74 Å². The summed E-state index contributed by atoms with van der Waals surface area (Å²) in [4.78, 5) is 68.7. The number of carbonyl (C=O) groups excluding carboxylic acids is 4. The number of imide groups is 2. The molecule has 1 aromatic heterocycles. The van der Waals surface area contributed by atoms with E-state index in [1.807, 2.05) is 0 Å². The van der Waals surface area contributed by atoms with E-state index < -0.39 is 29.7 Å². The van der Waals surface area contributed by atoms with Gasteiger partial charge >= 0.3 is 0 Å². The highest BCUT2D eigenvalue weighted by atomic mass is 79.9. The number of carbonyl (C=O) groups is 4. The van der Waals surface area contributed by atoms with Crippen molar-refractivity contribution >= 4 is 45.2 Å². The third-order valence-electron chi connectivity index (χ3n) is 10.2. The van der Waals surface area contributed by atoms with Crippen LogP contribution in [0.25, 0.3) is 0 Å². The van der Waals surface area contributed by atoms with Crippen molar-refractivity contribution in [1.29, 1.82) is 0 Å². The molecule has 2 aromatic carbocycles. The summed E-state index contributed by atoms with van der Waals surface area (Å²) in [6.45, 7) is 4.30. The van der Waals surface area contributed by atoms with Crippen LogP contribution in [0.3, 0.4) is 0 Å². The lowest BCUT2D eigenvalue weighted by Crippen LogP contribution is -2.54. The molecule has 0 radical (unpaired) electrons. The van der Waals surface area contributed by atoms with Crippen LogP contribution in [0.4, 0.5) is 5.69 Å². The first-order valence-electron chi connectivity index (χ1n) is 17.0. The second-order valence-electron chi connectivity index (χ2n) is 13.8. The van der Waals surface area contributed by atoms with Crippen LogP contribution >= 0.6 is 15.9 Å². The fraction of sp³-hybridized carbons (Fsp3) is 0.444. The number of ether oxygens (including phenoxy) is 1. The van der Waals surface area contributed by atoms with Crippen LogP contribution in [0, 0.1) is 0 Å². The topological polar surface area (TPSA) is 146 Å². The highest BCUT2D eigenvalue weighted by Crippen LogP contribution is 2.35. The largest absolute Gasteiger partial charge is 0.489 e. The minimum atomic E-state index is -1.01. The van der Waals surface area contributed by atoms with Crippen molar-refractivity contribution in [2.45, 2.75) is 62.8 Å². The van der Waals surface area contributed by atoms with Gasteiger partial charge in [-0.2, -0.15) is 5.10 Å². The molecular formula is C36H40BrN7O6. The summed E-state index contributed by atoms with van der Waals surface area (Å²) < 4.78 is 8.14. The summed E-state index contributed by atoms with van der Waals surface area (Å²) in [5.41, 5.74) is 3.48. The van der Waals surface area contributed by atoms with Crippen LogP contribution in [0.2, 0.25) is 0 Å². The molecule has 262 valence electrons. The Bertz CT molecular complexity index is 1890. The van der Waals surface area contributed by atoms with E-state index in [0.29, 0.717) is 21.8 Å². The van der Waals surface area contributed by atoms with Crippen LogP contribution in [-0.2, 0) is 23.2 Å². The summed E-state index contributed by atoms with van der Waals surface area (Å²) in [5.74, 6) is -1.43. The maximum absolute atomic E-state index is 13.4. The number of aromatic nitrogens is 2. The van der Waals surface area contributed by atoms with Gasteiger partial charge in [0.25, 0.3) is 17.4 Å². The van der Waals surface area contributed by atoms with Crippen molar-refractivity contribution in [2.75, 3.05) is 38.5 Å². The molecule has 5 heterocycles. The lowest BCUT2D eigenvalue weighted by atomic mass is 9.87. The number of benzene rings is 2. The van der Waals surface area contributed by atoms with E-state index in [9.17, 15) is 24.0 Å². The van der Waals surface area contributed by atoms with Crippen molar-refractivity contribution in [2.24, 2.45) is 7.05 Å². The average molecular weight is 747 g/mol. The zero-order valence-electron chi connectivity index (χ0n) is 28.1. The van der Waals surface area contributed by atoms with Gasteiger partial charge in [-0.1, -0.05) is 30.3 Å². The highest BCUT2D eigenvalue weighted by molar-refractivity contribution is 9.10. The number of amides is 4. The third-order valence-corrected chi connectivity index (χ3v) is 11.0. The number of piperidine rings is 3. The molecule has 7 rings (SSSR count). The molecule has 4 aliphatic heterocycles. The number of anilines is 1. The average Bonchev–Trinajstić information content (AvgIpc) is 3.35. The summed E-state index contributed by atoms with van der Waals surface area (Å²) in [7, 11) is 3.76. The lowest BCUT2D eigenvalue weighted by molar-refractivity contribution is -0.136. The Morgan fingerprint density at radius 3 is 2.46 bits per heavy atom. The molecule has 4 amide bonds. The number of likely N-dealkylation sites (N-methyl/N-ethyl adjacent to an activating group) is 1. The molecule has 3 fully saturated rings. The number of halogens is 1. The SMILES string of the molecule is CN1CC(Nc2cnn(C)c(=O)c2Br)CC(c2ccc(CN3CCC(Oc4cccc5c4C(=O)N(C4CCC(=O)NC4=O)C5=O)CC3)cc2)C1. The van der Waals surface area contributed by atoms with Gasteiger partial charge in [-0.15, -0.1) is 0 Å². The van der Waals surface area contributed by atoms with Gasteiger partial charge in [-0.3, -0.25) is 39.1 Å². The van der Waals surface area contributed by atoms with E-state index in [0.717, 1.165) is 56.9 Å². The normalized spacial score (nSPS) is 23.6. The molecule has 3 unspecified atom stereocenters. The fourth-order valence-electron chi connectivity index (χ4n) is 7.60. The number of nitrogens with one attached hydrogen (secondary N) is 2. The van der Waals surface area contributed by atoms with E-state index in [-0.39, 0.29) is 41.7 Å². The molecule has 3 saturated heterocycles. The fourth-order valence-corrected chi connectivity index (χ4v) is 8.07. The van der Waals surface area contributed by atoms with Crippen molar-refractivity contribution < 1.29 is 23.9 Å². The van der Waals surface area contributed by atoms with Crippen LogP contribution in [0.5, 0.6) is 5.75 Å². The molecule has 4 aliphatic rings. The number of rotatable bonds is 8. The molecule has 14 heteroatoms. The minimum absolute atomic E-state index is 0.0724. The molecule has 50 heavy (non-hydrogen) atoms. The van der Waals surface area contributed by atoms with Crippen LogP contribution in [0.15, 0.2) is 57.9 Å². The second kappa shape index (κ2) is 14.1. The summed E-state index contributed by atoms with van der Waals surface area (Å²) >= 11 is 3.43. The maximum Gasteiger partial charge on any atom is 0.282 e. The maximum atomic E-state index is 13.4. The number of hydrogen-bond donors (Lipinski definition) is 2. The Labute approximate surface area is 298 Å². The summed E-state index contributed by atoms with van der Waals surface area (Å²) in [6, 6.07) is 13.0. The first-order valence-corrected chi connectivity index (χ1v) is 17.8. The Kier molecular flexibility index (Phi) is 9.59. The first kappa shape index (κ1) is 34.1. The molecule has 3 atom stereocenters. The molecule has 0 saturated carbocycles. The predicted octanol–water partition coefficient (Wildman–Crippen LogP) is 2.89. The van der Waals surface area contributed by atoms with E-state index >= 15 is 0 Å². The lowest BCUT2D eigenvalue weighted by Gasteiger charge is -2.37. The smallest absolute Gasteiger partial charge is 0.282 e. The molecule has 0 spiro atoms. The Balaban J connectivity index is 0.929. The standard InChI is InChI=1S/C36H40BrN7O6/c1-41-19-23(16-24(20-41)39-27-17-38-42(2)36(49)32(27)37)22-8-6-21(7-9-22)18-43-14-12-25(13-15-43)50-29-5-3-4-26-31(29)35(48)44(34(26)47)28-10-11-30(45)40-33(28)46/h3-9,17,23-25,28,39H,10-16,18-20H2,1-2H3,(H,40,45,46). The number of likely N-dealkylation sites (tertiary alicyclic amines) is 2. The molecule has 13 nitrogen and oxygen atoms in total. The quantitative estimate of drug-likeness (QED) is 0.330. The van der Waals surface area contributed by atoms with Crippen LogP contribution < -0.4 is 20.9 Å². The molecule has 3 aromatic rings. The van der Waals surface area contributed by atoms with Gasteiger partial charge in [0.15, 0.2) is 0 Å². The van der Waals surface area contributed by atoms with E-state index in [1.165, 1.54) is 15.8 Å². The molecule has 2 N–H and O–H groups in total. The zero-order chi connectivity index (χ0) is 35.1. The van der Waals surface area contributed by atoms with Crippen molar-refractivity contribution in [3.63, 3.8) is 0 Å². The Hall–Kier alpha value is -4.40. The predicted molar refractivity (Wildman–Crippen MR) is 188 cm³/mol. The van der Waals surface area contributed by atoms with E-state index in [2.05, 4.69) is 72.8 Å². The molecular weight excluding hydrogens is 706 g/mol. The Morgan fingerprint density at radius 1 is 0.960 bits per heavy atom. The monoisotopic (exact) mass is 745 g/mol. The van der Waals surface area contributed by atoms with E-state index in [1.54, 1.807) is 31.4 Å². The van der Waals surface area contributed by atoms with Gasteiger partial charge in [0.1, 0.15) is 22.4 Å². The van der Waals surface area contributed by atoms with Crippen molar-refractivity contribution in [1.82, 2.24) is 29.8 Å². The second-order valence-corrected chi connectivity index (χ2v) is 14.5. The minimum Gasteiger partial charge on any atom is -0.489 e.